The Kier molecular flexibility index (Phi) is 5.50. The van der Waals surface area contributed by atoms with Crippen LogP contribution in [0.15, 0.2) is 24.3 Å². The first-order valence-electron chi connectivity index (χ1n) is 6.59. The highest BCUT2D eigenvalue weighted by molar-refractivity contribution is 5.99. The van der Waals surface area contributed by atoms with Crippen LogP contribution in [0.5, 0.6) is 0 Å². The summed E-state index contributed by atoms with van der Waals surface area (Å²) in [5, 5.41) is 11.7. The van der Waals surface area contributed by atoms with E-state index in [0.29, 0.717) is 5.56 Å². The van der Waals surface area contributed by atoms with E-state index in [0.717, 1.165) is 16.7 Å². The predicted octanol–water partition coefficient (Wildman–Crippen LogP) is 2.76. The van der Waals surface area contributed by atoms with Crippen molar-refractivity contribution in [3.05, 3.63) is 46.5 Å². The van der Waals surface area contributed by atoms with Crippen LogP contribution in [-0.2, 0) is 4.79 Å². The lowest BCUT2D eigenvalue weighted by Crippen LogP contribution is -2.41. The molecule has 0 heterocycles. The average Bonchev–Trinajstić information content (AvgIpc) is 2.32. The van der Waals surface area contributed by atoms with Crippen molar-refractivity contribution in [3.63, 3.8) is 0 Å². The minimum atomic E-state index is -1.03. The molecule has 1 aromatic rings. The topological polar surface area (TPSA) is 66.4 Å². The summed E-state index contributed by atoms with van der Waals surface area (Å²) in [6.45, 7) is 7.50. The summed E-state index contributed by atoms with van der Waals surface area (Å²) in [6, 6.07) is 2.94. The SMILES string of the molecule is C/C=C/CC(NC(=O)c1c(C)cc(C)cc1C)C(=O)O. The van der Waals surface area contributed by atoms with E-state index in [9.17, 15) is 9.59 Å². The molecule has 4 nitrogen and oxygen atoms in total. The number of carboxylic acids is 1. The summed E-state index contributed by atoms with van der Waals surface area (Å²) in [5.41, 5.74) is 3.35. The Morgan fingerprint density at radius 3 is 2.25 bits per heavy atom. The lowest BCUT2D eigenvalue weighted by Gasteiger charge is -2.16. The minimum Gasteiger partial charge on any atom is -0.480 e. The molecule has 0 aliphatic carbocycles. The van der Waals surface area contributed by atoms with Crippen molar-refractivity contribution in [3.8, 4) is 0 Å². The van der Waals surface area contributed by atoms with Gasteiger partial charge in [-0.3, -0.25) is 4.79 Å². The maximum absolute atomic E-state index is 12.3. The van der Waals surface area contributed by atoms with Crippen LogP contribution in [0.1, 0.15) is 40.4 Å². The number of hydrogen-bond donors (Lipinski definition) is 2. The first-order valence-corrected chi connectivity index (χ1v) is 6.59. The normalized spacial score (nSPS) is 12.4. The number of carbonyl (C=O) groups excluding carboxylic acids is 1. The van der Waals surface area contributed by atoms with E-state index >= 15 is 0 Å². The van der Waals surface area contributed by atoms with Gasteiger partial charge < -0.3 is 10.4 Å². The molecule has 108 valence electrons. The third kappa shape index (κ3) is 3.95. The molecule has 1 amide bonds. The van der Waals surface area contributed by atoms with Crippen molar-refractivity contribution in [1.29, 1.82) is 0 Å². The number of benzene rings is 1. The lowest BCUT2D eigenvalue weighted by atomic mass is 9.99. The number of carboxylic acid groups (broad SMARTS) is 1. The zero-order valence-corrected chi connectivity index (χ0v) is 12.4. The van der Waals surface area contributed by atoms with Crippen LogP contribution in [0, 0.1) is 20.8 Å². The largest absolute Gasteiger partial charge is 0.480 e. The highest BCUT2D eigenvalue weighted by Gasteiger charge is 2.21. The summed E-state index contributed by atoms with van der Waals surface area (Å²) in [6.07, 6.45) is 3.78. The minimum absolute atomic E-state index is 0.279. The molecule has 1 unspecified atom stereocenters. The van der Waals surface area contributed by atoms with Crippen LogP contribution in [0.4, 0.5) is 0 Å². The average molecular weight is 275 g/mol. The van der Waals surface area contributed by atoms with Crippen LogP contribution in [0.25, 0.3) is 0 Å². The van der Waals surface area contributed by atoms with Gasteiger partial charge in [0.05, 0.1) is 0 Å². The van der Waals surface area contributed by atoms with Crippen molar-refractivity contribution < 1.29 is 14.7 Å². The molecule has 1 aromatic carbocycles. The predicted molar refractivity (Wildman–Crippen MR) is 79.0 cm³/mol. The molecule has 0 aromatic heterocycles. The van der Waals surface area contributed by atoms with Crippen molar-refractivity contribution in [2.24, 2.45) is 0 Å². The maximum atomic E-state index is 12.3. The summed E-state index contributed by atoms with van der Waals surface area (Å²) >= 11 is 0. The third-order valence-corrected chi connectivity index (χ3v) is 3.11. The second-order valence-electron chi connectivity index (χ2n) is 4.94. The fourth-order valence-electron chi connectivity index (χ4n) is 2.26. The Balaban J connectivity index is 2.97. The molecule has 2 N–H and O–H groups in total. The first kappa shape index (κ1) is 16.0. The van der Waals surface area contributed by atoms with Crippen LogP contribution in [-0.4, -0.2) is 23.0 Å². The Morgan fingerprint density at radius 2 is 1.80 bits per heavy atom. The van der Waals surface area contributed by atoms with Gasteiger partial charge in [-0.1, -0.05) is 29.8 Å². The van der Waals surface area contributed by atoms with Gasteiger partial charge in [-0.2, -0.15) is 0 Å². The number of aliphatic carboxylic acids is 1. The van der Waals surface area contributed by atoms with E-state index in [-0.39, 0.29) is 12.3 Å². The van der Waals surface area contributed by atoms with E-state index in [1.807, 2.05) is 39.8 Å². The molecule has 0 aliphatic heterocycles. The van der Waals surface area contributed by atoms with Crippen LogP contribution in [0.2, 0.25) is 0 Å². The number of aryl methyl sites for hydroxylation is 3. The molecule has 1 rings (SSSR count). The van der Waals surface area contributed by atoms with E-state index in [2.05, 4.69) is 5.32 Å². The van der Waals surface area contributed by atoms with Gasteiger partial charge in [0.15, 0.2) is 0 Å². The number of hydrogen-bond acceptors (Lipinski definition) is 2. The quantitative estimate of drug-likeness (QED) is 0.812. The summed E-state index contributed by atoms with van der Waals surface area (Å²) < 4.78 is 0. The standard InChI is InChI=1S/C16H21NO3/c1-5-6-7-13(16(19)20)17-15(18)14-11(3)8-10(2)9-12(14)4/h5-6,8-9,13H,7H2,1-4H3,(H,17,18)(H,19,20)/b6-5+. The number of nitrogens with one attached hydrogen (secondary N) is 1. The zero-order valence-electron chi connectivity index (χ0n) is 12.4. The fraction of sp³-hybridized carbons (Fsp3) is 0.375. The highest BCUT2D eigenvalue weighted by Crippen LogP contribution is 2.16. The lowest BCUT2D eigenvalue weighted by molar-refractivity contribution is -0.139. The monoisotopic (exact) mass is 275 g/mol. The van der Waals surface area contributed by atoms with E-state index in [1.165, 1.54) is 0 Å². The van der Waals surface area contributed by atoms with Gasteiger partial charge >= 0.3 is 5.97 Å². The van der Waals surface area contributed by atoms with Gasteiger partial charge in [0.25, 0.3) is 5.91 Å². The van der Waals surface area contributed by atoms with Crippen molar-refractivity contribution in [1.82, 2.24) is 5.32 Å². The molecule has 0 saturated heterocycles. The molecule has 0 fully saturated rings. The van der Waals surface area contributed by atoms with Crippen LogP contribution >= 0.6 is 0 Å². The Hall–Kier alpha value is -2.10. The molecular weight excluding hydrogens is 254 g/mol. The molecule has 0 saturated carbocycles. The molecule has 0 bridgehead atoms. The van der Waals surface area contributed by atoms with Gasteiger partial charge in [0, 0.05) is 5.56 Å². The van der Waals surface area contributed by atoms with Gasteiger partial charge in [0.1, 0.15) is 6.04 Å². The van der Waals surface area contributed by atoms with E-state index in [1.54, 1.807) is 12.2 Å². The molecule has 4 heteroatoms. The summed E-state index contributed by atoms with van der Waals surface area (Å²) in [4.78, 5) is 23.4. The van der Waals surface area contributed by atoms with Crippen LogP contribution in [0.3, 0.4) is 0 Å². The summed E-state index contributed by atoms with van der Waals surface area (Å²) in [5.74, 6) is -1.37. The second kappa shape index (κ2) is 6.89. The van der Waals surface area contributed by atoms with Crippen molar-refractivity contribution in [2.45, 2.75) is 40.2 Å². The molecule has 20 heavy (non-hydrogen) atoms. The smallest absolute Gasteiger partial charge is 0.326 e. The van der Waals surface area contributed by atoms with E-state index < -0.39 is 12.0 Å². The van der Waals surface area contributed by atoms with Crippen LogP contribution < -0.4 is 5.32 Å². The van der Waals surface area contributed by atoms with Crippen molar-refractivity contribution >= 4 is 11.9 Å². The van der Waals surface area contributed by atoms with Gasteiger partial charge in [-0.05, 0) is 45.2 Å². The second-order valence-corrected chi connectivity index (χ2v) is 4.94. The molecule has 0 aliphatic rings. The van der Waals surface area contributed by atoms with Gasteiger partial charge in [0.2, 0.25) is 0 Å². The number of allylic oxidation sites excluding steroid dienone is 1. The third-order valence-electron chi connectivity index (χ3n) is 3.11. The summed E-state index contributed by atoms with van der Waals surface area (Å²) in [7, 11) is 0. The highest BCUT2D eigenvalue weighted by atomic mass is 16.4. The Labute approximate surface area is 119 Å². The number of amides is 1. The maximum Gasteiger partial charge on any atom is 0.326 e. The zero-order chi connectivity index (χ0) is 15.3. The fourth-order valence-corrected chi connectivity index (χ4v) is 2.26. The van der Waals surface area contributed by atoms with Gasteiger partial charge in [-0.25, -0.2) is 4.79 Å². The molecule has 0 radical (unpaired) electrons. The van der Waals surface area contributed by atoms with E-state index in [4.69, 9.17) is 5.11 Å². The molecular formula is C16H21NO3. The Morgan fingerprint density at radius 1 is 1.25 bits per heavy atom. The number of rotatable bonds is 5. The number of carbonyl (C=O) groups is 2. The van der Waals surface area contributed by atoms with Crippen molar-refractivity contribution in [2.75, 3.05) is 0 Å². The Bertz CT molecular complexity index is 524. The molecule has 1 atom stereocenters. The molecule has 0 spiro atoms. The van der Waals surface area contributed by atoms with Gasteiger partial charge in [-0.15, -0.1) is 0 Å². The first-order chi connectivity index (χ1) is 9.36.